The van der Waals surface area contributed by atoms with Gasteiger partial charge in [0.05, 0.1) is 7.85 Å². The van der Waals surface area contributed by atoms with Gasteiger partial charge in [-0.25, -0.2) is 0 Å². The average molecular weight is 209 g/mol. The van der Waals surface area contributed by atoms with Gasteiger partial charge in [0.15, 0.2) is 0 Å². The van der Waals surface area contributed by atoms with Crippen molar-refractivity contribution in [3.8, 4) is 0 Å². The third kappa shape index (κ3) is 4.98. The van der Waals surface area contributed by atoms with Crippen molar-refractivity contribution in [2.75, 3.05) is 5.33 Å². The molecule has 0 amide bonds. The zero-order valence-corrected chi connectivity index (χ0v) is 7.28. The number of carbonyl (C=O) groups is 1. The number of halogens is 2. The average Bonchev–Trinajstić information content (AvgIpc) is 1.82. The number of hydrogen-bond donors (Lipinski definition) is 0. The van der Waals surface area contributed by atoms with Crippen LogP contribution in [-0.2, 0) is 4.79 Å². The van der Waals surface area contributed by atoms with Crippen LogP contribution in [0.15, 0.2) is 0 Å². The molecule has 0 aliphatic carbocycles. The molecule has 0 bridgehead atoms. The van der Waals surface area contributed by atoms with Crippen LogP contribution in [0.5, 0.6) is 0 Å². The molecular weight excluding hydrogens is 202 g/mol. The first kappa shape index (κ1) is 9.50. The largest absolute Gasteiger partial charge is 0.282 e. The lowest BCUT2D eigenvalue weighted by Gasteiger charge is -2.01. The third-order valence-corrected chi connectivity index (χ3v) is 1.78. The number of alkyl halides is 1. The summed E-state index contributed by atoms with van der Waals surface area (Å²) in [5.41, 5.74) is 0. The Bertz CT molecular complexity index is 99.0. The Hall–Kier alpha value is 0.505. The molecule has 0 aromatic rings. The molecule has 4 heteroatoms. The van der Waals surface area contributed by atoms with E-state index in [1.165, 1.54) is 0 Å². The Morgan fingerprint density at radius 3 is 2.67 bits per heavy atom. The van der Waals surface area contributed by atoms with Crippen molar-refractivity contribution in [1.29, 1.82) is 0 Å². The fourth-order valence-electron chi connectivity index (χ4n) is 0.411. The maximum Gasteiger partial charge on any atom is 0.216 e. The van der Waals surface area contributed by atoms with Crippen LogP contribution < -0.4 is 0 Å². The van der Waals surface area contributed by atoms with Gasteiger partial charge in [0, 0.05) is 5.33 Å². The number of rotatable bonds is 4. The molecule has 0 rings (SSSR count). The summed E-state index contributed by atoms with van der Waals surface area (Å²) in [6.07, 6.45) is 1.55. The molecule has 0 spiro atoms. The number of carbonyl (C=O) groups excluding carboxylic acids is 1. The molecule has 1 unspecified atom stereocenters. The molecule has 0 aromatic carbocycles. The van der Waals surface area contributed by atoms with E-state index in [4.69, 9.17) is 19.4 Å². The topological polar surface area (TPSA) is 17.1 Å². The molecule has 0 saturated carbocycles. The van der Waals surface area contributed by atoms with Crippen LogP contribution >= 0.6 is 27.5 Å². The van der Waals surface area contributed by atoms with Crippen molar-refractivity contribution in [2.24, 2.45) is 0 Å². The van der Waals surface area contributed by atoms with Crippen LogP contribution in [-0.4, -0.2) is 18.4 Å². The molecule has 2 radical (unpaired) electrons. The minimum absolute atomic E-state index is 0.448. The van der Waals surface area contributed by atoms with Crippen molar-refractivity contribution >= 4 is 40.6 Å². The summed E-state index contributed by atoms with van der Waals surface area (Å²) in [7, 11) is 5.30. The fraction of sp³-hybridized carbons (Fsp3) is 0.800. The van der Waals surface area contributed by atoms with Crippen molar-refractivity contribution in [2.45, 2.75) is 18.7 Å². The van der Waals surface area contributed by atoms with Crippen LogP contribution in [0.4, 0.5) is 0 Å². The van der Waals surface area contributed by atoms with Crippen LogP contribution in [0.1, 0.15) is 12.8 Å². The number of hydrogen-bond acceptors (Lipinski definition) is 1. The lowest BCUT2D eigenvalue weighted by Crippen LogP contribution is -2.00. The standard InChI is InChI=1S/C5H7BBrClO/c6-4(5(8)9)2-1-3-7/h4H,1-3H2. The van der Waals surface area contributed by atoms with Crippen LogP contribution in [0.3, 0.4) is 0 Å². The maximum absolute atomic E-state index is 10.3. The summed E-state index contributed by atoms with van der Waals surface area (Å²) < 4.78 is 0. The van der Waals surface area contributed by atoms with Crippen LogP contribution in [0, 0.1) is 0 Å². The van der Waals surface area contributed by atoms with E-state index < -0.39 is 11.1 Å². The van der Waals surface area contributed by atoms with E-state index in [2.05, 4.69) is 15.9 Å². The van der Waals surface area contributed by atoms with Gasteiger partial charge in [-0.3, -0.25) is 4.79 Å². The SMILES string of the molecule is [B]C(CCCBr)C(=O)Cl. The van der Waals surface area contributed by atoms with E-state index in [-0.39, 0.29) is 0 Å². The highest BCUT2D eigenvalue weighted by molar-refractivity contribution is 9.09. The molecule has 0 aliphatic rings. The third-order valence-electron chi connectivity index (χ3n) is 0.940. The van der Waals surface area contributed by atoms with E-state index in [0.717, 1.165) is 11.8 Å². The lowest BCUT2D eigenvalue weighted by molar-refractivity contribution is -0.111. The van der Waals surface area contributed by atoms with Crippen molar-refractivity contribution in [1.82, 2.24) is 0 Å². The van der Waals surface area contributed by atoms with Gasteiger partial charge in [-0.1, -0.05) is 15.9 Å². The van der Waals surface area contributed by atoms with Gasteiger partial charge in [0.25, 0.3) is 0 Å². The molecule has 0 N–H and O–H groups in total. The molecule has 0 fully saturated rings. The second kappa shape index (κ2) is 5.30. The van der Waals surface area contributed by atoms with E-state index in [0.29, 0.717) is 6.42 Å². The first-order valence-electron chi connectivity index (χ1n) is 2.69. The predicted octanol–water partition coefficient (Wildman–Crippen LogP) is 1.88. The molecular formula is C5H7BBrClO. The second-order valence-corrected chi connectivity index (χ2v) is 2.91. The van der Waals surface area contributed by atoms with Crippen LogP contribution in [0.25, 0.3) is 0 Å². The van der Waals surface area contributed by atoms with E-state index in [1.54, 1.807) is 0 Å². The van der Waals surface area contributed by atoms with Gasteiger partial charge in [-0.15, -0.1) is 0 Å². The van der Waals surface area contributed by atoms with E-state index >= 15 is 0 Å². The van der Waals surface area contributed by atoms with Crippen molar-refractivity contribution < 1.29 is 4.79 Å². The summed E-state index contributed by atoms with van der Waals surface area (Å²) in [6.45, 7) is 0. The summed E-state index contributed by atoms with van der Waals surface area (Å²) in [6, 6.07) is 0. The Morgan fingerprint density at radius 2 is 2.33 bits per heavy atom. The minimum Gasteiger partial charge on any atom is -0.282 e. The zero-order valence-electron chi connectivity index (χ0n) is 4.94. The molecule has 1 atom stereocenters. The zero-order chi connectivity index (χ0) is 7.28. The first-order valence-corrected chi connectivity index (χ1v) is 4.19. The lowest BCUT2D eigenvalue weighted by atomic mass is 9.85. The van der Waals surface area contributed by atoms with Gasteiger partial charge >= 0.3 is 0 Å². The van der Waals surface area contributed by atoms with Gasteiger partial charge in [0.2, 0.25) is 5.24 Å². The fourth-order valence-corrected chi connectivity index (χ4v) is 0.843. The normalized spacial score (nSPS) is 13.1. The Balaban J connectivity index is 3.27. The first-order chi connectivity index (χ1) is 4.18. The Morgan fingerprint density at radius 1 is 1.78 bits per heavy atom. The summed E-state index contributed by atoms with van der Waals surface area (Å²) in [4.78, 5) is 10.3. The highest BCUT2D eigenvalue weighted by Gasteiger charge is 2.07. The van der Waals surface area contributed by atoms with Gasteiger partial charge < -0.3 is 0 Å². The maximum atomic E-state index is 10.3. The van der Waals surface area contributed by atoms with Crippen LogP contribution in [0.2, 0.25) is 5.82 Å². The second-order valence-electron chi connectivity index (χ2n) is 1.74. The highest BCUT2D eigenvalue weighted by atomic mass is 79.9. The minimum atomic E-state index is -0.482. The van der Waals surface area contributed by atoms with Crippen molar-refractivity contribution in [3.05, 3.63) is 0 Å². The van der Waals surface area contributed by atoms with E-state index in [9.17, 15) is 4.79 Å². The molecule has 0 aromatic heterocycles. The summed E-state index contributed by atoms with van der Waals surface area (Å²) in [5, 5.41) is 0.418. The summed E-state index contributed by atoms with van der Waals surface area (Å²) in [5.74, 6) is -0.482. The predicted molar refractivity (Wildman–Crippen MR) is 43.4 cm³/mol. The highest BCUT2D eigenvalue weighted by Crippen LogP contribution is 2.12. The molecule has 50 valence electrons. The Kier molecular flexibility index (Phi) is 5.60. The van der Waals surface area contributed by atoms with Crippen molar-refractivity contribution in [3.63, 3.8) is 0 Å². The molecule has 9 heavy (non-hydrogen) atoms. The molecule has 0 aliphatic heterocycles. The molecule has 0 heterocycles. The van der Waals surface area contributed by atoms with Gasteiger partial charge in [0.1, 0.15) is 0 Å². The Labute approximate surface area is 69.7 Å². The van der Waals surface area contributed by atoms with Gasteiger partial charge in [-0.05, 0) is 30.3 Å². The summed E-state index contributed by atoms with van der Waals surface area (Å²) >= 11 is 8.30. The quantitative estimate of drug-likeness (QED) is 0.392. The monoisotopic (exact) mass is 208 g/mol. The molecule has 0 saturated heterocycles. The van der Waals surface area contributed by atoms with E-state index in [1.807, 2.05) is 0 Å². The molecule has 1 nitrogen and oxygen atoms in total. The smallest absolute Gasteiger partial charge is 0.216 e. The van der Waals surface area contributed by atoms with Gasteiger partial charge in [-0.2, -0.15) is 0 Å².